The minimum absolute atomic E-state index is 0.0141. The lowest BCUT2D eigenvalue weighted by Crippen LogP contribution is -2.12. The number of hydrogen-bond donors (Lipinski definition) is 1. The highest BCUT2D eigenvalue weighted by atomic mass is 79.9. The zero-order chi connectivity index (χ0) is 19.4. The van der Waals surface area contributed by atoms with Crippen molar-refractivity contribution in [3.63, 3.8) is 0 Å². The summed E-state index contributed by atoms with van der Waals surface area (Å²) < 4.78 is 1.02. The fraction of sp³-hybridized carbons (Fsp3) is 0.136. The summed E-state index contributed by atoms with van der Waals surface area (Å²) in [5.41, 5.74) is 4.63. The van der Waals surface area contributed by atoms with Crippen LogP contribution in [0.25, 0.3) is 0 Å². The van der Waals surface area contributed by atoms with Gasteiger partial charge >= 0.3 is 0 Å². The second kappa shape index (κ2) is 8.92. The lowest BCUT2D eigenvalue weighted by Gasteiger charge is -2.21. The third-order valence-electron chi connectivity index (χ3n) is 4.59. The summed E-state index contributed by atoms with van der Waals surface area (Å²) in [4.78, 5) is 0. The lowest BCUT2D eigenvalue weighted by molar-refractivity contribution is 0.317. The van der Waals surface area contributed by atoms with Crippen molar-refractivity contribution in [1.82, 2.24) is 0 Å². The highest BCUT2D eigenvalue weighted by Crippen LogP contribution is 2.34. The third kappa shape index (κ3) is 4.73. The first-order valence-electron chi connectivity index (χ1n) is 8.47. The number of nitrogens with zero attached hydrogens (tertiary/aromatic N) is 1. The zero-order valence-electron chi connectivity index (χ0n) is 14.7. The molecule has 0 radical (unpaired) electrons. The van der Waals surface area contributed by atoms with Crippen LogP contribution in [0.3, 0.4) is 0 Å². The van der Waals surface area contributed by atoms with E-state index in [2.05, 4.69) is 52.3 Å². The molecule has 0 amide bonds. The monoisotopic (exact) mass is 461 g/mol. The Morgan fingerprint density at radius 2 is 1.74 bits per heavy atom. The van der Waals surface area contributed by atoms with Gasteiger partial charge in [-0.15, -0.1) is 0 Å². The number of oxime groups is 1. The SMILES string of the molecule is Cc1ccccc1C(CC(=NO)c1cc(Cl)ccc1Cl)c1ccc(Br)cc1. The van der Waals surface area contributed by atoms with Gasteiger partial charge in [-0.3, -0.25) is 0 Å². The molecule has 0 aliphatic rings. The van der Waals surface area contributed by atoms with E-state index < -0.39 is 0 Å². The third-order valence-corrected chi connectivity index (χ3v) is 5.69. The van der Waals surface area contributed by atoms with Gasteiger partial charge in [0.1, 0.15) is 0 Å². The molecule has 3 aromatic rings. The first kappa shape index (κ1) is 19.9. The Balaban J connectivity index is 2.06. The van der Waals surface area contributed by atoms with Crippen LogP contribution in [0.15, 0.2) is 76.4 Å². The maximum absolute atomic E-state index is 9.73. The van der Waals surface area contributed by atoms with Gasteiger partial charge in [0.15, 0.2) is 0 Å². The van der Waals surface area contributed by atoms with Crippen LogP contribution in [0.5, 0.6) is 0 Å². The van der Waals surface area contributed by atoms with E-state index in [1.165, 1.54) is 11.1 Å². The lowest BCUT2D eigenvalue weighted by atomic mass is 9.83. The van der Waals surface area contributed by atoms with Crippen molar-refractivity contribution in [2.24, 2.45) is 5.16 Å². The van der Waals surface area contributed by atoms with Gasteiger partial charge in [-0.05, 0) is 53.9 Å². The van der Waals surface area contributed by atoms with Crippen LogP contribution in [0.2, 0.25) is 10.0 Å². The minimum atomic E-state index is 0.0141. The van der Waals surface area contributed by atoms with Crippen molar-refractivity contribution in [3.05, 3.63) is 104 Å². The Morgan fingerprint density at radius 1 is 1.04 bits per heavy atom. The summed E-state index contributed by atoms with van der Waals surface area (Å²) in [6.07, 6.45) is 0.489. The predicted molar refractivity (Wildman–Crippen MR) is 117 cm³/mol. The Hall–Kier alpha value is -1.81. The average molecular weight is 463 g/mol. The molecule has 1 unspecified atom stereocenters. The Kier molecular flexibility index (Phi) is 6.59. The fourth-order valence-electron chi connectivity index (χ4n) is 3.20. The van der Waals surface area contributed by atoms with E-state index in [1.54, 1.807) is 18.2 Å². The van der Waals surface area contributed by atoms with E-state index in [9.17, 15) is 5.21 Å². The number of rotatable bonds is 5. The van der Waals surface area contributed by atoms with E-state index in [-0.39, 0.29) is 5.92 Å². The van der Waals surface area contributed by atoms with Crippen LogP contribution >= 0.6 is 39.1 Å². The summed E-state index contributed by atoms with van der Waals surface area (Å²) >= 11 is 16.0. The number of hydrogen-bond acceptors (Lipinski definition) is 2. The van der Waals surface area contributed by atoms with E-state index in [0.29, 0.717) is 27.7 Å². The molecule has 138 valence electrons. The van der Waals surface area contributed by atoms with Gasteiger partial charge in [0, 0.05) is 32.4 Å². The molecule has 0 aliphatic carbocycles. The van der Waals surface area contributed by atoms with Crippen LogP contribution in [-0.4, -0.2) is 10.9 Å². The summed E-state index contributed by atoms with van der Waals surface area (Å²) in [5.74, 6) is 0.0141. The van der Waals surface area contributed by atoms with E-state index in [0.717, 1.165) is 10.0 Å². The molecule has 0 bridgehead atoms. The molecule has 0 saturated heterocycles. The van der Waals surface area contributed by atoms with Gasteiger partial charge in [-0.1, -0.05) is 80.7 Å². The van der Waals surface area contributed by atoms with Crippen LogP contribution in [0.1, 0.15) is 34.6 Å². The smallest absolute Gasteiger partial charge is 0.0892 e. The molecule has 0 aliphatic heterocycles. The van der Waals surface area contributed by atoms with Gasteiger partial charge in [0.05, 0.1) is 5.71 Å². The minimum Gasteiger partial charge on any atom is -0.411 e. The molecular weight excluding hydrogens is 445 g/mol. The number of aryl methyl sites for hydroxylation is 1. The summed E-state index contributed by atoms with van der Waals surface area (Å²) in [6.45, 7) is 2.09. The van der Waals surface area contributed by atoms with E-state index in [1.807, 2.05) is 24.3 Å². The average Bonchev–Trinajstić information content (AvgIpc) is 2.67. The number of halogens is 3. The van der Waals surface area contributed by atoms with Crippen LogP contribution in [0.4, 0.5) is 0 Å². The standard InChI is InChI=1S/C22H18BrCl2NO/c1-14-4-2-3-5-18(14)19(15-6-8-16(23)9-7-15)13-22(26-27)20-12-17(24)10-11-21(20)25/h2-12,19,27H,13H2,1H3. The molecule has 1 atom stereocenters. The van der Waals surface area contributed by atoms with Gasteiger partial charge in [0.2, 0.25) is 0 Å². The van der Waals surface area contributed by atoms with Crippen molar-refractivity contribution in [1.29, 1.82) is 0 Å². The fourth-order valence-corrected chi connectivity index (χ4v) is 3.86. The second-order valence-corrected chi connectivity index (χ2v) is 8.10. The predicted octanol–water partition coefficient (Wildman–Crippen LogP) is 7.46. The molecule has 5 heteroatoms. The summed E-state index contributed by atoms with van der Waals surface area (Å²) in [5, 5.41) is 14.3. The topological polar surface area (TPSA) is 32.6 Å². The van der Waals surface area contributed by atoms with Crippen molar-refractivity contribution >= 4 is 44.8 Å². The molecular formula is C22H18BrCl2NO. The zero-order valence-corrected chi connectivity index (χ0v) is 17.8. The highest BCUT2D eigenvalue weighted by molar-refractivity contribution is 9.10. The van der Waals surface area contributed by atoms with Crippen LogP contribution in [0, 0.1) is 6.92 Å². The normalized spacial score (nSPS) is 12.8. The Bertz CT molecular complexity index is 970. The molecule has 0 saturated carbocycles. The van der Waals surface area contributed by atoms with Crippen LogP contribution < -0.4 is 0 Å². The van der Waals surface area contributed by atoms with Gasteiger partial charge in [-0.25, -0.2) is 0 Å². The van der Waals surface area contributed by atoms with Gasteiger partial charge in [-0.2, -0.15) is 0 Å². The molecule has 0 spiro atoms. The molecule has 0 fully saturated rings. The molecule has 2 nitrogen and oxygen atoms in total. The highest BCUT2D eigenvalue weighted by Gasteiger charge is 2.21. The molecule has 1 N–H and O–H groups in total. The Morgan fingerprint density at radius 3 is 2.41 bits per heavy atom. The van der Waals surface area contributed by atoms with Gasteiger partial charge in [0.25, 0.3) is 0 Å². The van der Waals surface area contributed by atoms with Crippen LogP contribution in [-0.2, 0) is 0 Å². The molecule has 3 aromatic carbocycles. The largest absolute Gasteiger partial charge is 0.411 e. The summed E-state index contributed by atoms with van der Waals surface area (Å²) in [7, 11) is 0. The maximum atomic E-state index is 9.73. The first-order chi connectivity index (χ1) is 13.0. The van der Waals surface area contributed by atoms with Crippen molar-refractivity contribution in [2.75, 3.05) is 0 Å². The van der Waals surface area contributed by atoms with Crippen molar-refractivity contribution < 1.29 is 5.21 Å². The Labute approximate surface area is 177 Å². The van der Waals surface area contributed by atoms with Gasteiger partial charge < -0.3 is 5.21 Å². The molecule has 0 heterocycles. The van der Waals surface area contributed by atoms with Crippen molar-refractivity contribution in [3.8, 4) is 0 Å². The quantitative estimate of drug-likeness (QED) is 0.238. The van der Waals surface area contributed by atoms with Crippen molar-refractivity contribution in [2.45, 2.75) is 19.3 Å². The van der Waals surface area contributed by atoms with E-state index >= 15 is 0 Å². The second-order valence-electron chi connectivity index (χ2n) is 6.34. The first-order valence-corrected chi connectivity index (χ1v) is 10.0. The maximum Gasteiger partial charge on any atom is 0.0892 e. The molecule has 3 rings (SSSR count). The summed E-state index contributed by atoms with van der Waals surface area (Å²) in [6, 6.07) is 21.6. The molecule has 27 heavy (non-hydrogen) atoms. The number of benzene rings is 3. The van der Waals surface area contributed by atoms with E-state index in [4.69, 9.17) is 23.2 Å². The molecule has 0 aromatic heterocycles.